The van der Waals surface area contributed by atoms with Crippen LogP contribution in [0.2, 0.25) is 0 Å². The van der Waals surface area contributed by atoms with Gasteiger partial charge in [-0.3, -0.25) is 0 Å². The molecule has 0 spiro atoms. The standard InChI is InChI=1S/C72H100N4O8S8/c1-9-17-21-25-45-49-33-51-46(26-22-18-10-2)53-35-55-48(28-24-20-12-4)56-36-54-47(27-23-19-11-3)52-34-50(45)62-58(38-74(30-14-6)70(87)88)64(52)80-43-82-66(54)60(40-76(32-16-8)72(91)92)68(56)84-44-83-67(55)59(39-75(31-15-7)71(89)90)65(53)81-42-79-63(51)57(61(49)77-41-78-62)37-73(29-13-5)69(85)86/h33-36,45-48H,9-32,37-44H2,1-8H3,(H,85,86)(H,87,88)(H,89,90)(H,91,92). The highest BCUT2D eigenvalue weighted by molar-refractivity contribution is 8.11. The Labute approximate surface area is 593 Å². The van der Waals surface area contributed by atoms with Crippen LogP contribution in [0.25, 0.3) is 0 Å². The van der Waals surface area contributed by atoms with Gasteiger partial charge in [0.2, 0.25) is 27.2 Å². The Morgan fingerprint density at radius 2 is 0.478 bits per heavy atom. The molecule has 5 aliphatic rings. The fourth-order valence-corrected chi connectivity index (χ4v) is 16.0. The molecular formula is C72H100N4O8S8. The zero-order chi connectivity index (χ0) is 65.6. The first-order valence-electron chi connectivity index (χ1n) is 34.4. The number of ether oxygens (including phenoxy) is 8. The number of nitrogens with zero attached hydrogens (tertiary/aromatic N) is 4. The van der Waals surface area contributed by atoms with E-state index in [1.807, 2.05) is 0 Å². The summed E-state index contributed by atoms with van der Waals surface area (Å²) in [4.78, 5) is 8.68. The molecule has 0 saturated heterocycles. The Morgan fingerprint density at radius 3 is 0.620 bits per heavy atom. The van der Waals surface area contributed by atoms with E-state index in [4.69, 9.17) is 137 Å². The second-order valence-corrected chi connectivity index (χ2v) is 29.9. The van der Waals surface area contributed by atoms with Crippen LogP contribution >= 0.6 is 99.4 Å². The average Bonchev–Trinajstić information content (AvgIpc) is 0.726. The minimum atomic E-state index is -0.233. The van der Waals surface area contributed by atoms with E-state index in [9.17, 15) is 0 Å². The molecule has 0 fully saturated rings. The molecule has 8 bridgehead atoms. The lowest BCUT2D eigenvalue weighted by Crippen LogP contribution is -2.31. The fourth-order valence-electron chi connectivity index (χ4n) is 14.7. The van der Waals surface area contributed by atoms with Crippen molar-refractivity contribution < 1.29 is 37.9 Å². The van der Waals surface area contributed by atoms with Gasteiger partial charge in [0.1, 0.15) is 63.3 Å². The van der Waals surface area contributed by atoms with Crippen molar-refractivity contribution in [2.75, 3.05) is 53.4 Å². The molecule has 504 valence electrons. The molecule has 12 nitrogen and oxygen atoms in total. The minimum absolute atomic E-state index is 0.0943. The maximum Gasteiger partial charge on any atom is 0.230 e. The van der Waals surface area contributed by atoms with Crippen molar-refractivity contribution in [2.24, 2.45) is 0 Å². The summed E-state index contributed by atoms with van der Waals surface area (Å²) in [5.41, 5.74) is 12.3. The van der Waals surface area contributed by atoms with E-state index in [1.54, 1.807) is 0 Å². The smallest absolute Gasteiger partial charge is 0.230 e. The number of hydrogen-bond donors (Lipinski definition) is 4. The second kappa shape index (κ2) is 35.0. The van der Waals surface area contributed by atoms with Gasteiger partial charge in [-0.15, -0.1) is 50.5 Å². The van der Waals surface area contributed by atoms with Crippen LogP contribution in [0.5, 0.6) is 46.0 Å². The highest BCUT2D eigenvalue weighted by Crippen LogP contribution is 2.59. The molecule has 0 radical (unpaired) electrons. The van der Waals surface area contributed by atoms with Gasteiger partial charge in [-0.25, -0.2) is 0 Å². The lowest BCUT2D eigenvalue weighted by molar-refractivity contribution is 0.0923. The van der Waals surface area contributed by atoms with Gasteiger partial charge >= 0.3 is 0 Å². The first-order chi connectivity index (χ1) is 44.7. The van der Waals surface area contributed by atoms with Gasteiger partial charge < -0.3 is 57.5 Å². The molecule has 1 aliphatic carbocycles. The zero-order valence-corrected chi connectivity index (χ0v) is 62.6. The summed E-state index contributed by atoms with van der Waals surface area (Å²) >= 11 is 43.9. The molecule has 0 N–H and O–H groups in total. The Morgan fingerprint density at radius 1 is 0.304 bits per heavy atom. The van der Waals surface area contributed by atoms with Gasteiger partial charge in [-0.2, -0.15) is 0 Å². The van der Waals surface area contributed by atoms with Crippen molar-refractivity contribution in [3.05, 3.63) is 91.0 Å². The Bertz CT molecular complexity index is 2710. The molecule has 9 rings (SSSR count). The molecule has 4 heterocycles. The molecule has 4 aromatic carbocycles. The summed E-state index contributed by atoms with van der Waals surface area (Å²) in [6.45, 7) is 21.8. The maximum atomic E-state index is 7.32. The molecule has 0 amide bonds. The van der Waals surface area contributed by atoms with Gasteiger partial charge in [0, 0.05) is 94.4 Å². The van der Waals surface area contributed by atoms with Crippen LogP contribution in [-0.2, 0) is 26.2 Å². The zero-order valence-electron chi connectivity index (χ0n) is 55.7. The molecule has 20 heteroatoms. The molecule has 4 aliphatic heterocycles. The van der Waals surface area contributed by atoms with Crippen molar-refractivity contribution in [3.8, 4) is 46.0 Å². The van der Waals surface area contributed by atoms with E-state index >= 15 is 0 Å². The Kier molecular flexibility index (Phi) is 27.6. The van der Waals surface area contributed by atoms with E-state index in [0.29, 0.717) is 69.6 Å². The number of benzene rings is 4. The third kappa shape index (κ3) is 16.3. The van der Waals surface area contributed by atoms with Gasteiger partial charge in [-0.1, -0.05) is 181 Å². The third-order valence-electron chi connectivity index (χ3n) is 19.0. The Balaban J connectivity index is 1.56. The van der Waals surface area contributed by atoms with Gasteiger partial charge in [0.15, 0.2) is 0 Å². The number of unbranched alkanes of at least 4 members (excludes halogenated alkanes) is 8. The Hall–Kier alpha value is -3.76. The van der Waals surface area contributed by atoms with E-state index < -0.39 is 0 Å². The summed E-state index contributed by atoms with van der Waals surface area (Å²) < 4.78 is 60.6. The largest absolute Gasteiger partial charge is 0.457 e. The van der Waals surface area contributed by atoms with Gasteiger partial charge in [-0.05, 0) is 75.6 Å². The van der Waals surface area contributed by atoms with E-state index in [1.165, 1.54) is 0 Å². The van der Waals surface area contributed by atoms with Crippen LogP contribution in [-0.4, -0.2) is 90.2 Å². The maximum absolute atomic E-state index is 7.32. The summed E-state index contributed by atoms with van der Waals surface area (Å²) in [5, 5.41) is 0. The van der Waals surface area contributed by atoms with Crippen LogP contribution in [0.15, 0.2) is 24.3 Å². The van der Waals surface area contributed by atoms with Crippen molar-refractivity contribution in [3.63, 3.8) is 0 Å². The topological polar surface area (TPSA) is 86.8 Å². The molecule has 0 unspecified atom stereocenters. The van der Waals surface area contributed by atoms with Gasteiger partial charge in [0.25, 0.3) is 0 Å². The van der Waals surface area contributed by atoms with E-state index in [2.05, 4.69) is 99.3 Å². The molecule has 0 atom stereocenters. The second-order valence-electron chi connectivity index (χ2n) is 25.4. The number of thiol groups is 4. The lowest BCUT2D eigenvalue weighted by Gasteiger charge is -2.39. The highest BCUT2D eigenvalue weighted by Gasteiger charge is 2.43. The predicted octanol–water partition coefficient (Wildman–Crippen LogP) is 19.5. The molecule has 0 saturated carbocycles. The molecule has 0 aromatic heterocycles. The quantitative estimate of drug-likeness (QED) is 0.0212. The first-order valence-corrected chi connectivity index (χ1v) is 37.8. The monoisotopic (exact) mass is 1400 g/mol. The SMILES string of the molecule is CCCCCC1c2cc3c4c(CN(CCC)C(=S)S)c2OCOc2c1cc1c(c2CN(CCC)C(=S)S)OCOc2c(cc5c(c2CN(CCC)C(=S)S)OCOc2c(cc(c(c2CN(CCC)C(=S)S)OCO4)C3CCCCC)C5CCCCC)C1CCCCC. The summed E-state index contributed by atoms with van der Waals surface area (Å²) in [6.07, 6.45) is 18.8. The van der Waals surface area contributed by atoms with Crippen LogP contribution in [0.3, 0.4) is 0 Å². The van der Waals surface area contributed by atoms with Crippen LogP contribution in [0.4, 0.5) is 0 Å². The van der Waals surface area contributed by atoms with E-state index in [0.717, 1.165) is 241 Å². The van der Waals surface area contributed by atoms with Crippen LogP contribution < -0.4 is 37.9 Å². The normalized spacial score (nSPS) is 17.1. The lowest BCUT2D eigenvalue weighted by atomic mass is 9.74. The average molecular weight is 1410 g/mol. The first kappa shape index (κ1) is 72.5. The minimum Gasteiger partial charge on any atom is -0.457 e. The van der Waals surface area contributed by atoms with Crippen LogP contribution in [0.1, 0.15) is 274 Å². The summed E-state index contributed by atoms with van der Waals surface area (Å²) in [7, 11) is 0. The predicted molar refractivity (Wildman–Crippen MR) is 403 cm³/mol. The van der Waals surface area contributed by atoms with Gasteiger partial charge in [0.05, 0.1) is 48.4 Å². The number of rotatable bonds is 32. The van der Waals surface area contributed by atoms with Crippen molar-refractivity contribution >= 4 is 117 Å². The third-order valence-corrected chi connectivity index (χ3v) is 21.2. The number of thiocarbonyl (C=S) groups is 4. The molecule has 92 heavy (non-hydrogen) atoms. The molecule has 4 aromatic rings. The van der Waals surface area contributed by atoms with E-state index in [-0.39, 0.29) is 50.8 Å². The number of hydrogen-bond acceptors (Lipinski definition) is 12. The van der Waals surface area contributed by atoms with Crippen molar-refractivity contribution in [1.82, 2.24) is 19.6 Å². The highest BCUT2D eigenvalue weighted by atomic mass is 32.1. The van der Waals surface area contributed by atoms with Crippen molar-refractivity contribution in [2.45, 2.75) is 234 Å². The molecular weight excluding hydrogens is 1310 g/mol. The summed E-state index contributed by atoms with van der Waals surface area (Å²) in [5.74, 6) is 4.99. The summed E-state index contributed by atoms with van der Waals surface area (Å²) in [6, 6.07) is 9.88. The van der Waals surface area contributed by atoms with Crippen molar-refractivity contribution in [1.29, 1.82) is 0 Å². The van der Waals surface area contributed by atoms with Crippen LogP contribution in [0, 0.1) is 0 Å². The fraction of sp³-hybridized carbons (Fsp3) is 0.611.